The first-order valence-corrected chi connectivity index (χ1v) is 5.62. The standard InChI is InChI=1S/C12H15ClFNO/c1-15-11(4-3-7-13)10-8-9(14)5-6-12(10)16-2/h5-6,8H,3-4,7H2,1-2H3/b15-11+. The molecule has 0 saturated heterocycles. The zero-order valence-corrected chi connectivity index (χ0v) is 10.2. The van der Waals surface area contributed by atoms with Crippen LogP contribution in [0.5, 0.6) is 5.75 Å². The lowest BCUT2D eigenvalue weighted by Gasteiger charge is -2.10. The van der Waals surface area contributed by atoms with Crippen molar-refractivity contribution in [2.45, 2.75) is 12.8 Å². The number of halogens is 2. The molecule has 88 valence electrons. The average Bonchev–Trinajstić information content (AvgIpc) is 2.30. The van der Waals surface area contributed by atoms with Crippen LogP contribution in [-0.4, -0.2) is 25.7 Å². The average molecular weight is 244 g/mol. The van der Waals surface area contributed by atoms with Crippen molar-refractivity contribution in [2.24, 2.45) is 4.99 Å². The Morgan fingerprint density at radius 3 is 2.81 bits per heavy atom. The number of benzene rings is 1. The number of ether oxygens (including phenoxy) is 1. The van der Waals surface area contributed by atoms with E-state index in [2.05, 4.69) is 4.99 Å². The van der Waals surface area contributed by atoms with Gasteiger partial charge in [0.05, 0.1) is 7.11 Å². The third-order valence-electron chi connectivity index (χ3n) is 2.29. The number of hydrogen-bond acceptors (Lipinski definition) is 2. The predicted octanol–water partition coefficient (Wildman–Crippen LogP) is 3.27. The molecule has 0 bridgehead atoms. The number of hydrogen-bond donors (Lipinski definition) is 0. The van der Waals surface area contributed by atoms with Crippen LogP contribution in [0.25, 0.3) is 0 Å². The summed E-state index contributed by atoms with van der Waals surface area (Å²) < 4.78 is 18.3. The van der Waals surface area contributed by atoms with Crippen LogP contribution in [0.4, 0.5) is 4.39 Å². The van der Waals surface area contributed by atoms with Gasteiger partial charge in [-0.05, 0) is 31.0 Å². The molecule has 0 radical (unpaired) electrons. The molecule has 1 aromatic rings. The topological polar surface area (TPSA) is 21.6 Å². The Morgan fingerprint density at radius 1 is 1.50 bits per heavy atom. The van der Waals surface area contributed by atoms with Crippen molar-refractivity contribution in [1.29, 1.82) is 0 Å². The van der Waals surface area contributed by atoms with Crippen molar-refractivity contribution in [1.82, 2.24) is 0 Å². The maximum absolute atomic E-state index is 13.2. The molecule has 0 spiro atoms. The van der Waals surface area contributed by atoms with Crippen LogP contribution >= 0.6 is 11.6 Å². The summed E-state index contributed by atoms with van der Waals surface area (Å²) in [6.07, 6.45) is 1.54. The molecule has 0 unspecified atom stereocenters. The molecule has 0 aliphatic heterocycles. The summed E-state index contributed by atoms with van der Waals surface area (Å²) in [5.74, 6) is 0.913. The molecular weight excluding hydrogens is 229 g/mol. The highest BCUT2D eigenvalue weighted by molar-refractivity contribution is 6.18. The van der Waals surface area contributed by atoms with Crippen molar-refractivity contribution in [3.05, 3.63) is 29.6 Å². The van der Waals surface area contributed by atoms with E-state index in [1.54, 1.807) is 20.2 Å². The van der Waals surface area contributed by atoms with Crippen molar-refractivity contribution < 1.29 is 9.13 Å². The Balaban J connectivity index is 3.03. The number of aliphatic imine (C=N–C) groups is 1. The van der Waals surface area contributed by atoms with E-state index in [1.807, 2.05) is 0 Å². The molecule has 0 saturated carbocycles. The summed E-state index contributed by atoms with van der Waals surface area (Å²) in [5.41, 5.74) is 1.52. The molecule has 16 heavy (non-hydrogen) atoms. The lowest BCUT2D eigenvalue weighted by atomic mass is 10.0. The lowest BCUT2D eigenvalue weighted by molar-refractivity contribution is 0.412. The van der Waals surface area contributed by atoms with Gasteiger partial charge >= 0.3 is 0 Å². The van der Waals surface area contributed by atoms with Crippen LogP contribution in [0.15, 0.2) is 23.2 Å². The van der Waals surface area contributed by atoms with Gasteiger partial charge in [0.2, 0.25) is 0 Å². The van der Waals surface area contributed by atoms with E-state index in [-0.39, 0.29) is 5.82 Å². The zero-order valence-electron chi connectivity index (χ0n) is 9.46. The van der Waals surface area contributed by atoms with E-state index in [4.69, 9.17) is 16.3 Å². The fourth-order valence-corrected chi connectivity index (χ4v) is 1.64. The molecular formula is C12H15ClFNO. The van der Waals surface area contributed by atoms with Crippen LogP contribution in [0.2, 0.25) is 0 Å². The second-order valence-corrected chi connectivity index (χ2v) is 3.69. The minimum Gasteiger partial charge on any atom is -0.496 e. The quantitative estimate of drug-likeness (QED) is 0.575. The number of alkyl halides is 1. The molecule has 1 aromatic carbocycles. The number of nitrogens with zero attached hydrogens (tertiary/aromatic N) is 1. The summed E-state index contributed by atoms with van der Waals surface area (Å²) in [7, 11) is 3.25. The molecule has 0 heterocycles. The zero-order chi connectivity index (χ0) is 12.0. The number of rotatable bonds is 5. The van der Waals surface area contributed by atoms with Crippen LogP contribution in [0, 0.1) is 5.82 Å². The van der Waals surface area contributed by atoms with Gasteiger partial charge < -0.3 is 4.74 Å². The van der Waals surface area contributed by atoms with Crippen molar-refractivity contribution >= 4 is 17.3 Å². The highest BCUT2D eigenvalue weighted by atomic mass is 35.5. The van der Waals surface area contributed by atoms with Gasteiger partial charge in [-0.2, -0.15) is 0 Å². The maximum atomic E-state index is 13.2. The Bertz CT molecular complexity index is 379. The SMILES string of the molecule is C/N=C(\CCCCl)c1cc(F)ccc1OC. The third kappa shape index (κ3) is 3.20. The first-order valence-electron chi connectivity index (χ1n) is 5.08. The van der Waals surface area contributed by atoms with Crippen molar-refractivity contribution in [2.75, 3.05) is 20.0 Å². The molecule has 1 rings (SSSR count). The van der Waals surface area contributed by atoms with Gasteiger partial charge in [0.25, 0.3) is 0 Å². The van der Waals surface area contributed by atoms with E-state index in [9.17, 15) is 4.39 Å². The van der Waals surface area contributed by atoms with E-state index in [0.717, 1.165) is 18.6 Å². The molecule has 0 N–H and O–H groups in total. The smallest absolute Gasteiger partial charge is 0.128 e. The largest absolute Gasteiger partial charge is 0.496 e. The summed E-state index contributed by atoms with van der Waals surface area (Å²) in [4.78, 5) is 4.16. The maximum Gasteiger partial charge on any atom is 0.128 e. The molecule has 4 heteroatoms. The van der Waals surface area contributed by atoms with Crippen LogP contribution in [0.3, 0.4) is 0 Å². The lowest BCUT2D eigenvalue weighted by Crippen LogP contribution is -2.04. The van der Waals surface area contributed by atoms with Gasteiger partial charge in [0, 0.05) is 24.2 Å². The molecule has 0 atom stereocenters. The Morgan fingerprint density at radius 2 is 2.25 bits per heavy atom. The first kappa shape index (κ1) is 13.0. The fourth-order valence-electron chi connectivity index (χ4n) is 1.51. The van der Waals surface area contributed by atoms with Gasteiger partial charge in [-0.1, -0.05) is 0 Å². The van der Waals surface area contributed by atoms with Gasteiger partial charge in [-0.15, -0.1) is 11.6 Å². The third-order valence-corrected chi connectivity index (χ3v) is 2.56. The van der Waals surface area contributed by atoms with Crippen molar-refractivity contribution in [3.8, 4) is 5.75 Å². The Hall–Kier alpha value is -1.09. The van der Waals surface area contributed by atoms with Gasteiger partial charge in [0.15, 0.2) is 0 Å². The van der Waals surface area contributed by atoms with Gasteiger partial charge in [-0.3, -0.25) is 4.99 Å². The highest BCUT2D eigenvalue weighted by Crippen LogP contribution is 2.22. The van der Waals surface area contributed by atoms with Gasteiger partial charge in [-0.25, -0.2) is 4.39 Å². The van der Waals surface area contributed by atoms with Crippen LogP contribution < -0.4 is 4.74 Å². The molecule has 2 nitrogen and oxygen atoms in total. The molecule has 0 fully saturated rings. The second kappa shape index (κ2) is 6.48. The molecule has 0 aromatic heterocycles. The van der Waals surface area contributed by atoms with E-state index in [0.29, 0.717) is 17.2 Å². The van der Waals surface area contributed by atoms with Gasteiger partial charge in [0.1, 0.15) is 11.6 Å². The summed E-state index contributed by atoms with van der Waals surface area (Å²) in [6, 6.07) is 4.42. The van der Waals surface area contributed by atoms with Crippen LogP contribution in [0.1, 0.15) is 18.4 Å². The molecule has 0 amide bonds. The minimum absolute atomic E-state index is 0.289. The summed E-state index contributed by atoms with van der Waals surface area (Å²) in [6.45, 7) is 0. The second-order valence-electron chi connectivity index (χ2n) is 3.31. The molecule has 0 aliphatic carbocycles. The number of methoxy groups -OCH3 is 1. The Kier molecular flexibility index (Phi) is 5.26. The summed E-state index contributed by atoms with van der Waals surface area (Å²) in [5, 5.41) is 0. The summed E-state index contributed by atoms with van der Waals surface area (Å²) >= 11 is 5.63. The minimum atomic E-state index is -0.289. The highest BCUT2D eigenvalue weighted by Gasteiger charge is 2.10. The molecule has 0 aliphatic rings. The van der Waals surface area contributed by atoms with E-state index < -0.39 is 0 Å². The normalized spacial score (nSPS) is 11.6. The Labute approximate surface area is 100 Å². The predicted molar refractivity (Wildman–Crippen MR) is 65.4 cm³/mol. The van der Waals surface area contributed by atoms with Crippen LogP contribution in [-0.2, 0) is 0 Å². The van der Waals surface area contributed by atoms with Crippen molar-refractivity contribution in [3.63, 3.8) is 0 Å². The monoisotopic (exact) mass is 243 g/mol. The fraction of sp³-hybridized carbons (Fsp3) is 0.417. The van der Waals surface area contributed by atoms with E-state index in [1.165, 1.54) is 12.1 Å². The first-order chi connectivity index (χ1) is 7.72. The van der Waals surface area contributed by atoms with E-state index >= 15 is 0 Å².